The molecule has 2 aromatic heterocycles. The van der Waals surface area contributed by atoms with Gasteiger partial charge < -0.3 is 0 Å². The Labute approximate surface area is 128 Å². The van der Waals surface area contributed by atoms with E-state index >= 15 is 0 Å². The van der Waals surface area contributed by atoms with Crippen molar-refractivity contribution in [2.45, 2.75) is 26.2 Å². The van der Waals surface area contributed by atoms with Crippen LogP contribution < -0.4 is 0 Å². The van der Waals surface area contributed by atoms with Crippen LogP contribution in [0.3, 0.4) is 0 Å². The minimum absolute atomic E-state index is 0.0683. The van der Waals surface area contributed by atoms with Crippen LogP contribution in [0.5, 0.6) is 0 Å². The number of hydrogen-bond acceptors (Lipinski definition) is 3. The molecule has 0 saturated heterocycles. The highest BCUT2D eigenvalue weighted by Crippen LogP contribution is 2.35. The average molecular weight is 301 g/mol. The van der Waals surface area contributed by atoms with E-state index in [1.807, 2.05) is 12.1 Å². The minimum Gasteiger partial charge on any atom is -0.245 e. The normalized spacial score (nSPS) is 10.6. The molecule has 20 heavy (non-hydrogen) atoms. The number of thiophene rings is 1. The molecule has 0 atom stereocenters. The molecule has 0 aromatic carbocycles. The van der Waals surface area contributed by atoms with Crippen molar-refractivity contribution in [3.63, 3.8) is 0 Å². The summed E-state index contributed by atoms with van der Waals surface area (Å²) in [6, 6.07) is 7.47. The Balaban J connectivity index is 2.34. The van der Waals surface area contributed by atoms with E-state index in [-0.39, 0.29) is 5.41 Å². The van der Waals surface area contributed by atoms with Crippen LogP contribution in [0, 0.1) is 23.2 Å². The van der Waals surface area contributed by atoms with Crippen LogP contribution in [0.1, 0.15) is 42.5 Å². The first-order valence-corrected chi connectivity index (χ1v) is 7.27. The van der Waals surface area contributed by atoms with Gasteiger partial charge in [0.15, 0.2) is 0 Å². The number of nitrogens with zero attached hydrogens (tertiary/aromatic N) is 2. The lowest BCUT2D eigenvalue weighted by atomic mass is 9.94. The fourth-order valence-corrected chi connectivity index (χ4v) is 2.78. The van der Waals surface area contributed by atoms with Crippen molar-refractivity contribution in [1.82, 2.24) is 4.98 Å². The number of pyridine rings is 1. The van der Waals surface area contributed by atoms with Crippen molar-refractivity contribution >= 4 is 22.9 Å². The summed E-state index contributed by atoms with van der Waals surface area (Å²) in [6.45, 7) is 6.44. The molecule has 0 fully saturated rings. The predicted molar refractivity (Wildman–Crippen MR) is 83.0 cm³/mol. The Morgan fingerprint density at radius 2 is 2.00 bits per heavy atom. The Bertz CT molecular complexity index is 736. The molecule has 0 amide bonds. The molecule has 2 rings (SSSR count). The van der Waals surface area contributed by atoms with Crippen molar-refractivity contribution in [2.24, 2.45) is 0 Å². The molecular formula is C16H13ClN2S. The van der Waals surface area contributed by atoms with Gasteiger partial charge in [0.25, 0.3) is 0 Å². The van der Waals surface area contributed by atoms with Gasteiger partial charge in [0.05, 0.1) is 5.56 Å². The van der Waals surface area contributed by atoms with Crippen LogP contribution >= 0.6 is 22.9 Å². The van der Waals surface area contributed by atoms with Crippen LogP contribution in [-0.2, 0) is 5.41 Å². The van der Waals surface area contributed by atoms with Gasteiger partial charge in [-0.05, 0) is 23.6 Å². The maximum Gasteiger partial charge on any atom is 0.141 e. The minimum atomic E-state index is 0.0683. The van der Waals surface area contributed by atoms with E-state index in [9.17, 15) is 0 Å². The third kappa shape index (κ3) is 3.39. The summed E-state index contributed by atoms with van der Waals surface area (Å²) in [5.74, 6) is 6.09. The molecule has 0 bridgehead atoms. The van der Waals surface area contributed by atoms with E-state index in [1.54, 1.807) is 29.7 Å². The van der Waals surface area contributed by atoms with E-state index in [1.165, 1.54) is 4.88 Å². The molecule has 0 radical (unpaired) electrons. The highest BCUT2D eigenvalue weighted by Gasteiger charge is 2.18. The van der Waals surface area contributed by atoms with E-state index in [0.717, 1.165) is 11.1 Å². The lowest BCUT2D eigenvalue weighted by molar-refractivity contribution is 0.604. The second-order valence-electron chi connectivity index (χ2n) is 5.34. The van der Waals surface area contributed by atoms with Crippen molar-refractivity contribution in [3.8, 4) is 17.9 Å². The van der Waals surface area contributed by atoms with Gasteiger partial charge in [-0.25, -0.2) is 4.98 Å². The van der Waals surface area contributed by atoms with E-state index in [2.05, 4.69) is 37.6 Å². The summed E-state index contributed by atoms with van der Waals surface area (Å²) >= 11 is 7.79. The molecule has 0 aliphatic rings. The first kappa shape index (κ1) is 14.6. The monoisotopic (exact) mass is 300 g/mol. The zero-order valence-electron chi connectivity index (χ0n) is 11.5. The molecule has 2 aromatic rings. The Morgan fingerprint density at radius 3 is 2.60 bits per heavy atom. The second kappa shape index (κ2) is 5.67. The van der Waals surface area contributed by atoms with Crippen molar-refractivity contribution in [2.75, 3.05) is 0 Å². The van der Waals surface area contributed by atoms with Crippen molar-refractivity contribution in [3.05, 3.63) is 50.4 Å². The second-order valence-corrected chi connectivity index (χ2v) is 6.99. The first-order valence-electron chi connectivity index (χ1n) is 6.08. The van der Waals surface area contributed by atoms with Gasteiger partial charge in [-0.1, -0.05) is 44.2 Å². The van der Waals surface area contributed by atoms with Crippen LogP contribution in [0.15, 0.2) is 24.4 Å². The van der Waals surface area contributed by atoms with Gasteiger partial charge in [-0.15, -0.1) is 11.3 Å². The van der Waals surface area contributed by atoms with Crippen LogP contribution in [-0.4, -0.2) is 4.98 Å². The molecule has 0 saturated carbocycles. The number of halogens is 1. The molecule has 2 heterocycles. The van der Waals surface area contributed by atoms with Gasteiger partial charge in [-0.2, -0.15) is 5.26 Å². The van der Waals surface area contributed by atoms with Gasteiger partial charge in [0.1, 0.15) is 16.1 Å². The molecule has 100 valence electrons. The highest BCUT2D eigenvalue weighted by atomic mass is 35.5. The van der Waals surface area contributed by atoms with Crippen molar-refractivity contribution < 1.29 is 0 Å². The first-order chi connectivity index (χ1) is 9.40. The number of nitriles is 1. The Hall–Kier alpha value is -1.81. The largest absolute Gasteiger partial charge is 0.245 e. The predicted octanol–water partition coefficient (Wildman–Crippen LogP) is 4.37. The van der Waals surface area contributed by atoms with E-state index in [4.69, 9.17) is 16.9 Å². The van der Waals surface area contributed by atoms with Gasteiger partial charge in [0, 0.05) is 16.6 Å². The number of hydrogen-bond donors (Lipinski definition) is 0. The average Bonchev–Trinajstić information content (AvgIpc) is 2.78. The maximum absolute atomic E-state index is 8.80. The van der Waals surface area contributed by atoms with Crippen LogP contribution in [0.4, 0.5) is 0 Å². The van der Waals surface area contributed by atoms with Crippen LogP contribution in [0.2, 0.25) is 4.34 Å². The SMILES string of the molecule is CC(C)(C)c1cc(C#Cc2ccnc(C#N)c2)c(Cl)s1. The molecule has 4 heteroatoms. The summed E-state index contributed by atoms with van der Waals surface area (Å²) < 4.78 is 0.706. The molecular weight excluding hydrogens is 288 g/mol. The lowest BCUT2D eigenvalue weighted by Gasteiger charge is -2.14. The molecule has 0 unspecified atom stereocenters. The summed E-state index contributed by atoms with van der Waals surface area (Å²) in [5, 5.41) is 8.80. The molecule has 0 aliphatic carbocycles. The fourth-order valence-electron chi connectivity index (χ4n) is 1.53. The third-order valence-corrected chi connectivity index (χ3v) is 4.43. The zero-order valence-corrected chi connectivity index (χ0v) is 13.1. The third-order valence-electron chi connectivity index (χ3n) is 2.64. The van der Waals surface area contributed by atoms with Crippen LogP contribution in [0.25, 0.3) is 0 Å². The Morgan fingerprint density at radius 1 is 1.25 bits per heavy atom. The summed E-state index contributed by atoms with van der Waals surface area (Å²) in [6.07, 6.45) is 1.58. The molecule has 2 nitrogen and oxygen atoms in total. The summed E-state index contributed by atoms with van der Waals surface area (Å²) in [4.78, 5) is 5.12. The summed E-state index contributed by atoms with van der Waals surface area (Å²) in [7, 11) is 0. The van der Waals surface area contributed by atoms with E-state index in [0.29, 0.717) is 10.0 Å². The molecule has 0 N–H and O–H groups in total. The topological polar surface area (TPSA) is 36.7 Å². The lowest BCUT2D eigenvalue weighted by Crippen LogP contribution is -2.07. The highest BCUT2D eigenvalue weighted by molar-refractivity contribution is 7.16. The summed E-state index contributed by atoms with van der Waals surface area (Å²) in [5.41, 5.74) is 2.02. The van der Waals surface area contributed by atoms with E-state index < -0.39 is 0 Å². The smallest absolute Gasteiger partial charge is 0.141 e. The molecule has 0 aliphatic heterocycles. The number of rotatable bonds is 0. The van der Waals surface area contributed by atoms with Gasteiger partial charge in [0.2, 0.25) is 0 Å². The standard InChI is InChI=1S/C16H13ClN2S/c1-16(2,3)14-9-12(15(17)20-14)5-4-11-6-7-19-13(8-11)10-18/h6-9H,1-3H3. The quantitative estimate of drug-likeness (QED) is 0.678. The maximum atomic E-state index is 8.80. The zero-order chi connectivity index (χ0) is 14.8. The molecule has 0 spiro atoms. The van der Waals surface area contributed by atoms with Crippen molar-refractivity contribution in [1.29, 1.82) is 5.26 Å². The number of aromatic nitrogens is 1. The Kier molecular flexibility index (Phi) is 4.14. The van der Waals surface area contributed by atoms with Gasteiger partial charge in [-0.3, -0.25) is 0 Å². The fraction of sp³-hybridized carbons (Fsp3) is 0.250. The van der Waals surface area contributed by atoms with Gasteiger partial charge >= 0.3 is 0 Å².